The van der Waals surface area contributed by atoms with Crippen molar-refractivity contribution in [2.45, 2.75) is 38.8 Å². The Hall–Kier alpha value is -1.91. The Balaban J connectivity index is 1.83. The largest absolute Gasteiger partial charge is 0.480 e. The number of rotatable bonds is 3. The molecule has 0 bridgehead atoms. The van der Waals surface area contributed by atoms with Crippen molar-refractivity contribution in [2.24, 2.45) is 0 Å². The lowest BCUT2D eigenvalue weighted by Crippen LogP contribution is -2.17. The number of aryl methyl sites for hydroxylation is 1. The molecule has 3 rings (SSSR count). The molecule has 0 amide bonds. The molecule has 2 heterocycles. The molecule has 1 atom stereocenters. The van der Waals surface area contributed by atoms with Crippen LogP contribution in [0.5, 0.6) is 5.75 Å². The lowest BCUT2D eigenvalue weighted by atomic mass is 10.1. The van der Waals surface area contributed by atoms with Crippen LogP contribution in [0.1, 0.15) is 37.5 Å². The molecule has 0 fully saturated rings. The Kier molecular flexibility index (Phi) is 3.19. The SMILES string of the molecule is C[C@H](Oc1ccccc1F)c1nnc2n1CCCC2. The first kappa shape index (κ1) is 12.1. The zero-order valence-corrected chi connectivity index (χ0v) is 10.8. The standard InChI is InChI=1S/C14H16FN3O/c1-10(19-12-7-3-2-6-11(12)15)14-17-16-13-8-4-5-9-18(13)14/h2-3,6-7,10H,4-5,8-9H2,1H3/t10-/m0/s1. The number of ether oxygens (including phenoxy) is 1. The summed E-state index contributed by atoms with van der Waals surface area (Å²) in [6.07, 6.45) is 2.93. The monoisotopic (exact) mass is 261 g/mol. The van der Waals surface area contributed by atoms with Crippen molar-refractivity contribution in [1.29, 1.82) is 0 Å². The zero-order chi connectivity index (χ0) is 13.2. The molecule has 1 aliphatic heterocycles. The number of para-hydroxylation sites is 1. The van der Waals surface area contributed by atoms with Crippen molar-refractivity contribution in [1.82, 2.24) is 14.8 Å². The topological polar surface area (TPSA) is 39.9 Å². The maximum absolute atomic E-state index is 13.6. The minimum atomic E-state index is -0.354. The highest BCUT2D eigenvalue weighted by Gasteiger charge is 2.21. The predicted octanol–water partition coefficient (Wildman–Crippen LogP) is 2.89. The minimum absolute atomic E-state index is 0.253. The first-order valence-electron chi connectivity index (χ1n) is 6.59. The van der Waals surface area contributed by atoms with Crippen molar-refractivity contribution in [3.63, 3.8) is 0 Å². The van der Waals surface area contributed by atoms with Gasteiger partial charge in [0.25, 0.3) is 0 Å². The highest BCUT2D eigenvalue weighted by molar-refractivity contribution is 5.24. The summed E-state index contributed by atoms with van der Waals surface area (Å²) in [5.41, 5.74) is 0. The van der Waals surface area contributed by atoms with Gasteiger partial charge in [0.2, 0.25) is 0 Å². The average Bonchev–Trinajstić information content (AvgIpc) is 2.85. The first-order chi connectivity index (χ1) is 9.25. The highest BCUT2D eigenvalue weighted by atomic mass is 19.1. The molecule has 0 unspecified atom stereocenters. The third kappa shape index (κ3) is 2.32. The van der Waals surface area contributed by atoms with Gasteiger partial charge < -0.3 is 9.30 Å². The minimum Gasteiger partial charge on any atom is -0.480 e. The maximum Gasteiger partial charge on any atom is 0.173 e. The van der Waals surface area contributed by atoms with Gasteiger partial charge in [-0.05, 0) is 31.9 Å². The van der Waals surface area contributed by atoms with E-state index in [-0.39, 0.29) is 17.7 Å². The number of hydrogen-bond acceptors (Lipinski definition) is 3. The molecule has 0 aliphatic carbocycles. The lowest BCUT2D eigenvalue weighted by molar-refractivity contribution is 0.199. The van der Waals surface area contributed by atoms with Gasteiger partial charge >= 0.3 is 0 Å². The van der Waals surface area contributed by atoms with Gasteiger partial charge in [-0.2, -0.15) is 0 Å². The predicted molar refractivity (Wildman–Crippen MR) is 68.4 cm³/mol. The lowest BCUT2D eigenvalue weighted by Gasteiger charge is -2.19. The molecule has 2 aromatic rings. The molecular formula is C14H16FN3O. The summed E-state index contributed by atoms with van der Waals surface area (Å²) < 4.78 is 21.3. The van der Waals surface area contributed by atoms with E-state index in [0.29, 0.717) is 0 Å². The molecule has 0 radical (unpaired) electrons. The van der Waals surface area contributed by atoms with E-state index in [2.05, 4.69) is 14.8 Å². The molecule has 19 heavy (non-hydrogen) atoms. The fourth-order valence-electron chi connectivity index (χ4n) is 2.41. The van der Waals surface area contributed by atoms with Crippen molar-refractivity contribution >= 4 is 0 Å². The smallest absolute Gasteiger partial charge is 0.173 e. The van der Waals surface area contributed by atoms with Gasteiger partial charge in [-0.25, -0.2) is 4.39 Å². The Morgan fingerprint density at radius 2 is 2.11 bits per heavy atom. The van der Waals surface area contributed by atoms with Gasteiger partial charge in [0.05, 0.1) is 0 Å². The van der Waals surface area contributed by atoms with Gasteiger partial charge in [0.15, 0.2) is 23.5 Å². The van der Waals surface area contributed by atoms with E-state index in [1.54, 1.807) is 18.2 Å². The molecule has 1 aliphatic rings. The Bertz CT molecular complexity index is 582. The summed E-state index contributed by atoms with van der Waals surface area (Å²) >= 11 is 0. The number of nitrogens with zero attached hydrogens (tertiary/aromatic N) is 3. The van der Waals surface area contributed by atoms with Gasteiger partial charge in [-0.15, -0.1) is 10.2 Å². The molecule has 1 aromatic carbocycles. The van der Waals surface area contributed by atoms with E-state index in [1.165, 1.54) is 6.07 Å². The second-order valence-electron chi connectivity index (χ2n) is 4.77. The molecule has 0 spiro atoms. The van der Waals surface area contributed by atoms with E-state index in [4.69, 9.17) is 4.74 Å². The average molecular weight is 261 g/mol. The highest BCUT2D eigenvalue weighted by Crippen LogP contribution is 2.25. The van der Waals surface area contributed by atoms with Crippen molar-refractivity contribution < 1.29 is 9.13 Å². The normalized spacial score (nSPS) is 15.9. The second kappa shape index (κ2) is 4.99. The molecule has 5 heteroatoms. The van der Waals surface area contributed by atoms with Gasteiger partial charge in [-0.1, -0.05) is 12.1 Å². The van der Waals surface area contributed by atoms with Crippen LogP contribution in [-0.4, -0.2) is 14.8 Å². The summed E-state index contributed by atoms with van der Waals surface area (Å²) in [6, 6.07) is 6.41. The van der Waals surface area contributed by atoms with Gasteiger partial charge in [0.1, 0.15) is 5.82 Å². The van der Waals surface area contributed by atoms with Crippen molar-refractivity contribution in [3.05, 3.63) is 41.7 Å². The number of benzene rings is 1. The molecule has 0 saturated carbocycles. The van der Waals surface area contributed by atoms with Crippen LogP contribution in [0.25, 0.3) is 0 Å². The van der Waals surface area contributed by atoms with Crippen LogP contribution in [0.2, 0.25) is 0 Å². The fourth-order valence-corrected chi connectivity index (χ4v) is 2.41. The van der Waals surface area contributed by atoms with E-state index < -0.39 is 0 Å². The van der Waals surface area contributed by atoms with E-state index in [0.717, 1.165) is 37.5 Å². The summed E-state index contributed by atoms with van der Waals surface area (Å²) in [6.45, 7) is 2.79. The summed E-state index contributed by atoms with van der Waals surface area (Å²) in [7, 11) is 0. The molecule has 1 aromatic heterocycles. The third-order valence-corrected chi connectivity index (χ3v) is 3.39. The number of fused-ring (bicyclic) bond motifs is 1. The van der Waals surface area contributed by atoms with Crippen molar-refractivity contribution in [2.75, 3.05) is 0 Å². The van der Waals surface area contributed by atoms with Crippen molar-refractivity contribution in [3.8, 4) is 5.75 Å². The quantitative estimate of drug-likeness (QED) is 0.853. The maximum atomic E-state index is 13.6. The molecular weight excluding hydrogens is 245 g/mol. The summed E-state index contributed by atoms with van der Waals surface area (Å²) in [5, 5.41) is 8.37. The van der Waals surface area contributed by atoms with E-state index in [9.17, 15) is 4.39 Å². The molecule has 4 nitrogen and oxygen atoms in total. The number of halogens is 1. The van der Waals surface area contributed by atoms with E-state index >= 15 is 0 Å². The summed E-state index contributed by atoms with van der Waals surface area (Å²) in [5.74, 6) is 1.68. The zero-order valence-electron chi connectivity index (χ0n) is 10.8. The van der Waals surface area contributed by atoms with Crippen LogP contribution in [0, 0.1) is 5.82 Å². The number of aromatic nitrogens is 3. The van der Waals surface area contributed by atoms with Crippen LogP contribution in [-0.2, 0) is 13.0 Å². The molecule has 0 saturated heterocycles. The van der Waals surface area contributed by atoms with Crippen LogP contribution < -0.4 is 4.74 Å². The van der Waals surface area contributed by atoms with Crippen LogP contribution in [0.3, 0.4) is 0 Å². The van der Waals surface area contributed by atoms with Crippen LogP contribution in [0.15, 0.2) is 24.3 Å². The fraction of sp³-hybridized carbons (Fsp3) is 0.429. The Labute approximate surface area is 111 Å². The van der Waals surface area contributed by atoms with Crippen LogP contribution >= 0.6 is 0 Å². The second-order valence-corrected chi connectivity index (χ2v) is 4.77. The molecule has 0 N–H and O–H groups in total. The number of hydrogen-bond donors (Lipinski definition) is 0. The van der Waals surface area contributed by atoms with E-state index in [1.807, 2.05) is 6.92 Å². The van der Waals surface area contributed by atoms with Gasteiger partial charge in [-0.3, -0.25) is 0 Å². The third-order valence-electron chi connectivity index (χ3n) is 3.39. The Morgan fingerprint density at radius 3 is 2.95 bits per heavy atom. The van der Waals surface area contributed by atoms with Gasteiger partial charge in [0, 0.05) is 13.0 Å². The van der Waals surface area contributed by atoms with Crippen LogP contribution in [0.4, 0.5) is 4.39 Å². The first-order valence-corrected chi connectivity index (χ1v) is 6.59. The summed E-state index contributed by atoms with van der Waals surface area (Å²) in [4.78, 5) is 0. The Morgan fingerprint density at radius 1 is 1.26 bits per heavy atom. The molecule has 100 valence electrons.